The van der Waals surface area contributed by atoms with Crippen LogP contribution < -0.4 is 5.32 Å². The highest BCUT2D eigenvalue weighted by Gasteiger charge is 2.41. The number of guanidine groups is 1. The lowest BCUT2D eigenvalue weighted by atomic mass is 9.86. The van der Waals surface area contributed by atoms with Crippen LogP contribution in [0.25, 0.3) is 0 Å². The van der Waals surface area contributed by atoms with Gasteiger partial charge < -0.3 is 15.0 Å². The van der Waals surface area contributed by atoms with E-state index in [1.807, 2.05) is 7.05 Å². The smallest absolute Gasteiger partial charge is 0.193 e. The van der Waals surface area contributed by atoms with Crippen LogP contribution in [0, 0.1) is 5.41 Å². The van der Waals surface area contributed by atoms with E-state index in [2.05, 4.69) is 20.1 Å². The van der Waals surface area contributed by atoms with Crippen LogP contribution >= 0.6 is 24.0 Å². The molecular weight excluding hydrogens is 415 g/mol. The highest BCUT2D eigenvalue weighted by Crippen LogP contribution is 2.45. The Morgan fingerprint density at radius 2 is 2.00 bits per heavy atom. The fourth-order valence-corrected chi connectivity index (χ4v) is 4.82. The van der Waals surface area contributed by atoms with Gasteiger partial charge in [0.25, 0.3) is 0 Å². The molecule has 3 fully saturated rings. The molecule has 6 heteroatoms. The second kappa shape index (κ2) is 9.57. The van der Waals surface area contributed by atoms with E-state index in [4.69, 9.17) is 4.74 Å². The van der Waals surface area contributed by atoms with E-state index in [1.54, 1.807) is 7.11 Å². The van der Waals surface area contributed by atoms with Gasteiger partial charge in [0.2, 0.25) is 0 Å². The van der Waals surface area contributed by atoms with Crippen molar-refractivity contribution in [3.63, 3.8) is 0 Å². The Bertz CT molecular complexity index is 412. The Hall–Kier alpha value is -0.0800. The highest BCUT2D eigenvalue weighted by molar-refractivity contribution is 14.0. The van der Waals surface area contributed by atoms with E-state index in [0.717, 1.165) is 25.7 Å². The molecule has 3 aliphatic rings. The maximum Gasteiger partial charge on any atom is 0.193 e. The summed E-state index contributed by atoms with van der Waals surface area (Å²) in [7, 11) is 3.72. The van der Waals surface area contributed by atoms with Crippen molar-refractivity contribution in [2.45, 2.75) is 51.0 Å². The largest absolute Gasteiger partial charge is 0.383 e. The van der Waals surface area contributed by atoms with Crippen molar-refractivity contribution >= 4 is 29.9 Å². The van der Waals surface area contributed by atoms with Crippen LogP contribution in [0.1, 0.15) is 44.9 Å². The maximum absolute atomic E-state index is 5.24. The topological polar surface area (TPSA) is 40.1 Å². The minimum Gasteiger partial charge on any atom is -0.383 e. The van der Waals surface area contributed by atoms with E-state index >= 15 is 0 Å². The number of rotatable bonds is 5. The molecule has 1 unspecified atom stereocenters. The van der Waals surface area contributed by atoms with Crippen LogP contribution in [0.15, 0.2) is 4.99 Å². The minimum absolute atomic E-state index is 0. The molecule has 5 nitrogen and oxygen atoms in total. The Morgan fingerprint density at radius 1 is 1.21 bits per heavy atom. The fourth-order valence-electron chi connectivity index (χ4n) is 4.82. The second-order valence-electron chi connectivity index (χ2n) is 7.63. The van der Waals surface area contributed by atoms with Gasteiger partial charge in [-0.3, -0.25) is 9.89 Å². The predicted octanol–water partition coefficient (Wildman–Crippen LogP) is 2.56. The predicted molar refractivity (Wildman–Crippen MR) is 110 cm³/mol. The molecule has 1 aliphatic carbocycles. The zero-order chi connectivity index (χ0) is 16.1. The average molecular weight is 450 g/mol. The lowest BCUT2D eigenvalue weighted by Gasteiger charge is -2.29. The molecule has 0 aromatic carbocycles. The summed E-state index contributed by atoms with van der Waals surface area (Å²) < 4.78 is 5.24. The van der Waals surface area contributed by atoms with Gasteiger partial charge in [0.05, 0.1) is 6.61 Å². The maximum atomic E-state index is 5.24. The third kappa shape index (κ3) is 4.75. The molecule has 0 aromatic rings. The number of aliphatic imine (C=N–C) groups is 1. The molecule has 3 rings (SSSR count). The van der Waals surface area contributed by atoms with Crippen LogP contribution in [-0.4, -0.2) is 75.3 Å². The Kier molecular flexibility index (Phi) is 8.07. The van der Waals surface area contributed by atoms with Crippen molar-refractivity contribution in [3.05, 3.63) is 0 Å². The van der Waals surface area contributed by atoms with E-state index in [0.29, 0.717) is 11.5 Å². The van der Waals surface area contributed by atoms with Gasteiger partial charge in [-0.1, -0.05) is 12.8 Å². The average Bonchev–Trinajstić information content (AvgIpc) is 3.29. The Balaban J connectivity index is 0.00000208. The van der Waals surface area contributed by atoms with Gasteiger partial charge in [-0.05, 0) is 44.1 Å². The van der Waals surface area contributed by atoms with Crippen molar-refractivity contribution in [3.8, 4) is 0 Å². The number of hydrogen-bond acceptors (Lipinski definition) is 3. The third-order valence-corrected chi connectivity index (χ3v) is 6.19. The van der Waals surface area contributed by atoms with Crippen LogP contribution in [0.2, 0.25) is 0 Å². The van der Waals surface area contributed by atoms with E-state index < -0.39 is 0 Å². The van der Waals surface area contributed by atoms with Crippen LogP contribution in [0.5, 0.6) is 0 Å². The number of nitrogens with one attached hydrogen (secondary N) is 1. The number of halogens is 1. The van der Waals surface area contributed by atoms with E-state index in [9.17, 15) is 0 Å². The number of methoxy groups -OCH3 is 1. The van der Waals surface area contributed by atoms with Crippen molar-refractivity contribution in [2.75, 3.05) is 53.5 Å². The zero-order valence-corrected chi connectivity index (χ0v) is 17.8. The van der Waals surface area contributed by atoms with Crippen molar-refractivity contribution < 1.29 is 4.74 Å². The van der Waals surface area contributed by atoms with Crippen LogP contribution in [0.3, 0.4) is 0 Å². The number of hydrogen-bond donors (Lipinski definition) is 1. The zero-order valence-electron chi connectivity index (χ0n) is 15.4. The SMILES string of the molecule is CN=C(NCC1CCCN1CCOC)N1CCC2(CCCC2)C1.I. The molecule has 24 heavy (non-hydrogen) atoms. The van der Waals surface area contributed by atoms with Gasteiger partial charge in [-0.25, -0.2) is 0 Å². The molecule has 2 saturated heterocycles. The first-order valence-electron chi connectivity index (χ1n) is 9.45. The van der Waals surface area contributed by atoms with Gasteiger partial charge in [0.1, 0.15) is 0 Å². The van der Waals surface area contributed by atoms with Gasteiger partial charge in [0.15, 0.2) is 5.96 Å². The molecule has 0 amide bonds. The number of nitrogens with zero attached hydrogens (tertiary/aromatic N) is 3. The molecular formula is C18H35IN4O. The lowest BCUT2D eigenvalue weighted by Crippen LogP contribution is -2.47. The summed E-state index contributed by atoms with van der Waals surface area (Å²) in [6.07, 6.45) is 9.66. The quantitative estimate of drug-likeness (QED) is 0.397. The number of likely N-dealkylation sites (tertiary alicyclic amines) is 2. The molecule has 1 spiro atoms. The normalized spacial score (nSPS) is 27.0. The van der Waals surface area contributed by atoms with E-state index in [1.165, 1.54) is 64.6 Å². The summed E-state index contributed by atoms with van der Waals surface area (Å²) in [5.74, 6) is 1.12. The Morgan fingerprint density at radius 3 is 2.71 bits per heavy atom. The molecule has 0 aromatic heterocycles. The molecule has 2 aliphatic heterocycles. The molecule has 0 bridgehead atoms. The minimum atomic E-state index is 0. The van der Waals surface area contributed by atoms with Gasteiger partial charge in [-0.2, -0.15) is 0 Å². The summed E-state index contributed by atoms with van der Waals surface area (Å²) in [6.45, 7) is 6.50. The summed E-state index contributed by atoms with van der Waals surface area (Å²) in [5.41, 5.74) is 0.607. The molecule has 1 atom stereocenters. The molecule has 140 valence electrons. The molecule has 1 saturated carbocycles. The highest BCUT2D eigenvalue weighted by atomic mass is 127. The van der Waals surface area contributed by atoms with Crippen LogP contribution in [-0.2, 0) is 4.74 Å². The van der Waals surface area contributed by atoms with Gasteiger partial charge in [0, 0.05) is 46.4 Å². The molecule has 0 radical (unpaired) electrons. The molecule has 2 heterocycles. The lowest BCUT2D eigenvalue weighted by molar-refractivity contribution is 0.141. The number of ether oxygens (including phenoxy) is 1. The summed E-state index contributed by atoms with van der Waals surface area (Å²) in [5, 5.41) is 3.66. The van der Waals surface area contributed by atoms with E-state index in [-0.39, 0.29) is 24.0 Å². The third-order valence-electron chi connectivity index (χ3n) is 6.19. The fraction of sp³-hybridized carbons (Fsp3) is 0.944. The first kappa shape index (κ1) is 20.2. The standard InChI is InChI=1S/C18H34N4O.HI/c1-19-17(22-11-9-18(15-22)7-3-4-8-18)20-14-16-6-5-10-21(16)12-13-23-2;/h16H,3-15H2,1-2H3,(H,19,20);1H. The first-order chi connectivity index (χ1) is 11.3. The van der Waals surface area contributed by atoms with Crippen molar-refractivity contribution in [1.29, 1.82) is 0 Å². The second-order valence-corrected chi connectivity index (χ2v) is 7.63. The summed E-state index contributed by atoms with van der Waals surface area (Å²) >= 11 is 0. The van der Waals surface area contributed by atoms with Crippen molar-refractivity contribution in [1.82, 2.24) is 15.1 Å². The molecule has 1 N–H and O–H groups in total. The first-order valence-corrected chi connectivity index (χ1v) is 9.45. The van der Waals surface area contributed by atoms with Crippen LogP contribution in [0.4, 0.5) is 0 Å². The Labute approximate surface area is 164 Å². The summed E-state index contributed by atoms with van der Waals surface area (Å²) in [4.78, 5) is 9.62. The van der Waals surface area contributed by atoms with Gasteiger partial charge in [-0.15, -0.1) is 24.0 Å². The summed E-state index contributed by atoms with van der Waals surface area (Å²) in [6, 6.07) is 0.630. The monoisotopic (exact) mass is 450 g/mol. The van der Waals surface area contributed by atoms with Crippen molar-refractivity contribution in [2.24, 2.45) is 10.4 Å². The van der Waals surface area contributed by atoms with Gasteiger partial charge >= 0.3 is 0 Å².